The van der Waals surface area contributed by atoms with Gasteiger partial charge in [-0.1, -0.05) is 0 Å². The summed E-state index contributed by atoms with van der Waals surface area (Å²) < 4.78 is 0. The van der Waals surface area contributed by atoms with Gasteiger partial charge in [-0.15, -0.1) is 0 Å². The van der Waals surface area contributed by atoms with Gasteiger partial charge in [0.2, 0.25) is 5.91 Å². The van der Waals surface area contributed by atoms with Crippen molar-refractivity contribution >= 4 is 5.91 Å². The molecule has 2 rings (SSSR count). The highest BCUT2D eigenvalue weighted by Gasteiger charge is 2.14. The Morgan fingerprint density at radius 3 is 2.84 bits per heavy atom. The van der Waals surface area contributed by atoms with Gasteiger partial charge in [0, 0.05) is 12.6 Å². The van der Waals surface area contributed by atoms with Gasteiger partial charge >= 0.3 is 0 Å². The third-order valence-corrected chi connectivity index (χ3v) is 3.54. The van der Waals surface area contributed by atoms with Crippen molar-refractivity contribution < 1.29 is 4.79 Å². The Morgan fingerprint density at radius 1 is 1.37 bits per heavy atom. The average molecular weight is 262 g/mol. The molecule has 0 aromatic carbocycles. The van der Waals surface area contributed by atoms with Crippen molar-refractivity contribution in [3.05, 3.63) is 23.8 Å². The quantitative estimate of drug-likeness (QED) is 0.836. The van der Waals surface area contributed by atoms with Crippen LogP contribution in [0.2, 0.25) is 0 Å². The summed E-state index contributed by atoms with van der Waals surface area (Å²) in [6.45, 7) is 4.54. The molecule has 1 aliphatic heterocycles. The smallest absolute Gasteiger partial charge is 0.220 e. The summed E-state index contributed by atoms with van der Waals surface area (Å²) in [7, 11) is 0. The lowest BCUT2D eigenvalue weighted by atomic mass is 9.93. The number of rotatable bonds is 5. The minimum Gasteiger partial charge on any atom is -0.350 e. The zero-order chi connectivity index (χ0) is 13.5. The maximum absolute atomic E-state index is 11.8. The molecule has 0 atom stereocenters. The molecule has 2 N–H and O–H groups in total. The molecule has 5 nitrogen and oxygen atoms in total. The van der Waals surface area contributed by atoms with E-state index in [1.54, 1.807) is 12.4 Å². The molecule has 1 aliphatic rings. The molecule has 1 fully saturated rings. The SMILES string of the molecule is Cc1cnc(CNC(=O)CCC2CCNCC2)cn1. The van der Waals surface area contributed by atoms with Crippen LogP contribution in [0.25, 0.3) is 0 Å². The fourth-order valence-corrected chi connectivity index (χ4v) is 2.29. The zero-order valence-corrected chi connectivity index (χ0v) is 11.5. The molecule has 0 unspecified atom stereocenters. The fraction of sp³-hybridized carbons (Fsp3) is 0.643. The number of amides is 1. The maximum atomic E-state index is 11.8. The highest BCUT2D eigenvalue weighted by atomic mass is 16.1. The van der Waals surface area contributed by atoms with Gasteiger partial charge in [0.05, 0.1) is 24.1 Å². The number of carbonyl (C=O) groups is 1. The number of aromatic nitrogens is 2. The van der Waals surface area contributed by atoms with Gasteiger partial charge in [-0.2, -0.15) is 0 Å². The standard InChI is InChI=1S/C14H22N4O/c1-11-8-17-13(9-16-11)10-18-14(19)3-2-12-4-6-15-7-5-12/h8-9,12,15H,2-7,10H2,1H3,(H,18,19). The van der Waals surface area contributed by atoms with Crippen LogP contribution in [0.15, 0.2) is 12.4 Å². The highest BCUT2D eigenvalue weighted by molar-refractivity contribution is 5.75. The molecule has 104 valence electrons. The molecular weight excluding hydrogens is 240 g/mol. The van der Waals surface area contributed by atoms with Crippen LogP contribution in [0.4, 0.5) is 0 Å². The molecule has 0 aliphatic carbocycles. The second-order valence-electron chi connectivity index (χ2n) is 5.16. The molecule has 0 saturated carbocycles. The van der Waals surface area contributed by atoms with Crippen LogP contribution in [0.5, 0.6) is 0 Å². The lowest BCUT2D eigenvalue weighted by molar-refractivity contribution is -0.121. The lowest BCUT2D eigenvalue weighted by Crippen LogP contribution is -2.29. The van der Waals surface area contributed by atoms with E-state index in [0.29, 0.717) is 18.9 Å². The molecule has 19 heavy (non-hydrogen) atoms. The summed E-state index contributed by atoms with van der Waals surface area (Å²) in [5.74, 6) is 0.812. The summed E-state index contributed by atoms with van der Waals surface area (Å²) >= 11 is 0. The first-order valence-electron chi connectivity index (χ1n) is 6.99. The molecule has 0 radical (unpaired) electrons. The van der Waals surface area contributed by atoms with E-state index in [-0.39, 0.29) is 5.91 Å². The number of hydrogen-bond donors (Lipinski definition) is 2. The maximum Gasteiger partial charge on any atom is 0.220 e. The van der Waals surface area contributed by atoms with Crippen LogP contribution in [-0.2, 0) is 11.3 Å². The van der Waals surface area contributed by atoms with Crippen LogP contribution in [0, 0.1) is 12.8 Å². The van der Waals surface area contributed by atoms with Gasteiger partial charge in [0.15, 0.2) is 0 Å². The summed E-state index contributed by atoms with van der Waals surface area (Å²) in [5, 5.41) is 6.24. The number of piperidine rings is 1. The monoisotopic (exact) mass is 262 g/mol. The molecule has 1 amide bonds. The van der Waals surface area contributed by atoms with Crippen LogP contribution < -0.4 is 10.6 Å². The number of aryl methyl sites for hydroxylation is 1. The molecule has 1 aromatic heterocycles. The van der Waals surface area contributed by atoms with E-state index in [9.17, 15) is 4.79 Å². The van der Waals surface area contributed by atoms with Crippen LogP contribution >= 0.6 is 0 Å². The van der Waals surface area contributed by atoms with E-state index in [1.165, 1.54) is 12.8 Å². The van der Waals surface area contributed by atoms with Gasteiger partial charge in [0.25, 0.3) is 0 Å². The molecule has 2 heterocycles. The van der Waals surface area contributed by atoms with Crippen molar-refractivity contribution in [1.29, 1.82) is 0 Å². The number of hydrogen-bond acceptors (Lipinski definition) is 4. The molecule has 1 saturated heterocycles. The Kier molecular flexibility index (Phi) is 5.27. The number of carbonyl (C=O) groups excluding carboxylic acids is 1. The summed E-state index contributed by atoms with van der Waals surface area (Å²) in [5.41, 5.74) is 1.70. The van der Waals surface area contributed by atoms with E-state index >= 15 is 0 Å². The minimum absolute atomic E-state index is 0.112. The van der Waals surface area contributed by atoms with E-state index < -0.39 is 0 Å². The van der Waals surface area contributed by atoms with Crippen molar-refractivity contribution in [3.8, 4) is 0 Å². The van der Waals surface area contributed by atoms with E-state index in [1.807, 2.05) is 6.92 Å². The van der Waals surface area contributed by atoms with Crippen molar-refractivity contribution in [1.82, 2.24) is 20.6 Å². The van der Waals surface area contributed by atoms with Gasteiger partial charge in [0.1, 0.15) is 0 Å². The number of nitrogens with zero attached hydrogens (tertiary/aromatic N) is 2. The first-order valence-corrected chi connectivity index (χ1v) is 6.99. The molecule has 1 aromatic rings. The topological polar surface area (TPSA) is 66.9 Å². The second-order valence-corrected chi connectivity index (χ2v) is 5.16. The van der Waals surface area contributed by atoms with Gasteiger partial charge < -0.3 is 10.6 Å². The Labute approximate surface area is 114 Å². The van der Waals surface area contributed by atoms with Crippen molar-refractivity contribution in [3.63, 3.8) is 0 Å². The minimum atomic E-state index is 0.112. The Bertz CT molecular complexity index is 398. The largest absolute Gasteiger partial charge is 0.350 e. The van der Waals surface area contributed by atoms with Crippen LogP contribution in [-0.4, -0.2) is 29.0 Å². The van der Waals surface area contributed by atoms with E-state index in [2.05, 4.69) is 20.6 Å². The molecule has 0 bridgehead atoms. The van der Waals surface area contributed by atoms with E-state index in [0.717, 1.165) is 30.9 Å². The Balaban J connectivity index is 1.65. The highest BCUT2D eigenvalue weighted by Crippen LogP contribution is 2.17. The van der Waals surface area contributed by atoms with Crippen molar-refractivity contribution in [2.75, 3.05) is 13.1 Å². The zero-order valence-electron chi connectivity index (χ0n) is 11.5. The van der Waals surface area contributed by atoms with Crippen LogP contribution in [0.3, 0.4) is 0 Å². The first kappa shape index (κ1) is 13.9. The van der Waals surface area contributed by atoms with Crippen LogP contribution in [0.1, 0.15) is 37.1 Å². The third kappa shape index (κ3) is 4.95. The molecule has 5 heteroatoms. The normalized spacial score (nSPS) is 16.3. The van der Waals surface area contributed by atoms with Gasteiger partial charge in [-0.25, -0.2) is 0 Å². The second kappa shape index (κ2) is 7.19. The van der Waals surface area contributed by atoms with Crippen molar-refractivity contribution in [2.45, 2.75) is 39.2 Å². The molecule has 0 spiro atoms. The lowest BCUT2D eigenvalue weighted by Gasteiger charge is -2.22. The average Bonchev–Trinajstić information content (AvgIpc) is 2.45. The van der Waals surface area contributed by atoms with Gasteiger partial charge in [-0.05, 0) is 45.2 Å². The first-order chi connectivity index (χ1) is 9.24. The summed E-state index contributed by atoms with van der Waals surface area (Å²) in [6, 6.07) is 0. The third-order valence-electron chi connectivity index (χ3n) is 3.54. The summed E-state index contributed by atoms with van der Waals surface area (Å²) in [6.07, 6.45) is 7.42. The predicted octanol–water partition coefficient (Wildman–Crippen LogP) is 1.18. The van der Waals surface area contributed by atoms with E-state index in [4.69, 9.17) is 0 Å². The Morgan fingerprint density at radius 2 is 2.16 bits per heavy atom. The summed E-state index contributed by atoms with van der Waals surface area (Å²) in [4.78, 5) is 20.1. The van der Waals surface area contributed by atoms with Gasteiger partial charge in [-0.3, -0.25) is 14.8 Å². The molecular formula is C14H22N4O. The Hall–Kier alpha value is -1.49. The predicted molar refractivity (Wildman–Crippen MR) is 73.4 cm³/mol. The number of nitrogens with one attached hydrogen (secondary N) is 2. The van der Waals surface area contributed by atoms with Crippen molar-refractivity contribution in [2.24, 2.45) is 5.92 Å². The fourth-order valence-electron chi connectivity index (χ4n) is 2.29.